The number of fused-ring (bicyclic) bond motifs is 7. The normalized spacial score (nSPS) is 22.6. The third kappa shape index (κ3) is 4.66. The van der Waals surface area contributed by atoms with E-state index in [4.69, 9.17) is 4.42 Å². The van der Waals surface area contributed by atoms with Crippen LogP contribution in [0.3, 0.4) is 0 Å². The highest BCUT2D eigenvalue weighted by molar-refractivity contribution is 6.13. The zero-order valence-electron chi connectivity index (χ0n) is 32.4. The lowest BCUT2D eigenvalue weighted by atomic mass is 9.43. The molecule has 0 unspecified atom stereocenters. The second-order valence-electron chi connectivity index (χ2n) is 17.7. The molecule has 0 saturated heterocycles. The van der Waals surface area contributed by atoms with Crippen molar-refractivity contribution in [3.05, 3.63) is 187 Å². The summed E-state index contributed by atoms with van der Waals surface area (Å²) in [6.07, 6.45) is 7.07. The summed E-state index contributed by atoms with van der Waals surface area (Å²) >= 11 is 0. The quantitative estimate of drug-likeness (QED) is 0.174. The van der Waals surface area contributed by atoms with Gasteiger partial charge in [0.15, 0.2) is 0 Å². The van der Waals surface area contributed by atoms with Crippen molar-refractivity contribution in [2.24, 2.45) is 23.7 Å². The van der Waals surface area contributed by atoms with Crippen molar-refractivity contribution in [1.29, 1.82) is 0 Å². The summed E-state index contributed by atoms with van der Waals surface area (Å²) in [5.74, 6) is 3.37. The second-order valence-corrected chi connectivity index (χ2v) is 17.7. The molecule has 1 heterocycles. The summed E-state index contributed by atoms with van der Waals surface area (Å²) in [6.45, 7) is 0. The van der Waals surface area contributed by atoms with Crippen molar-refractivity contribution in [3.8, 4) is 33.4 Å². The molecule has 0 atom stereocenters. The van der Waals surface area contributed by atoms with Gasteiger partial charge in [-0.15, -0.1) is 0 Å². The lowest BCUT2D eigenvalue weighted by Crippen LogP contribution is -2.55. The average Bonchev–Trinajstić information content (AvgIpc) is 3.80. The zero-order chi connectivity index (χ0) is 38.0. The molecule has 0 N–H and O–H groups in total. The topological polar surface area (TPSA) is 16.4 Å². The molecule has 1 aromatic heterocycles. The van der Waals surface area contributed by atoms with Crippen LogP contribution in [0.1, 0.15) is 43.2 Å². The van der Waals surface area contributed by atoms with Crippen molar-refractivity contribution in [1.82, 2.24) is 0 Å². The summed E-state index contributed by atoms with van der Waals surface area (Å²) < 4.78 is 6.44. The van der Waals surface area contributed by atoms with Crippen LogP contribution in [0, 0.1) is 23.7 Å². The molecular formula is C56H43NO. The van der Waals surface area contributed by atoms with Crippen LogP contribution in [0.25, 0.3) is 66.1 Å². The smallest absolute Gasteiger partial charge is 0.137 e. The van der Waals surface area contributed by atoms with E-state index in [1.165, 1.54) is 76.3 Å². The summed E-state index contributed by atoms with van der Waals surface area (Å²) in [6, 6.07) is 65.4. The molecule has 9 aromatic rings. The molecule has 4 fully saturated rings. The highest BCUT2D eigenvalue weighted by atomic mass is 16.3. The average molecular weight is 746 g/mol. The maximum atomic E-state index is 6.44. The number of furan rings is 1. The minimum absolute atomic E-state index is 0.161. The van der Waals surface area contributed by atoms with Gasteiger partial charge in [0, 0.05) is 22.2 Å². The summed E-state index contributed by atoms with van der Waals surface area (Å²) in [7, 11) is 0. The molecule has 5 aliphatic rings. The van der Waals surface area contributed by atoms with Gasteiger partial charge in [-0.3, -0.25) is 0 Å². The monoisotopic (exact) mass is 745 g/mol. The third-order valence-corrected chi connectivity index (χ3v) is 14.8. The molecule has 1 spiro atoms. The number of anilines is 3. The SMILES string of the molecule is c1ccc(-c2ccc3ccc(N(c4ccc(-c5ccc6c(c5)C5(c7ccccc7-6)C6CC7CC(C6)CC5C7)cc4)c4cccc5oc6ccccc6c45)cc3c2)cc1. The molecule has 5 aliphatic carbocycles. The van der Waals surface area contributed by atoms with E-state index in [2.05, 4.69) is 181 Å². The predicted octanol–water partition coefficient (Wildman–Crippen LogP) is 15.3. The fraction of sp³-hybridized carbons (Fsp3) is 0.179. The van der Waals surface area contributed by atoms with E-state index in [1.807, 2.05) is 0 Å². The molecule has 0 amide bonds. The van der Waals surface area contributed by atoms with Gasteiger partial charge in [0.1, 0.15) is 11.2 Å². The van der Waals surface area contributed by atoms with Gasteiger partial charge in [0.2, 0.25) is 0 Å². The summed E-state index contributed by atoms with van der Waals surface area (Å²) in [4.78, 5) is 2.42. The van der Waals surface area contributed by atoms with E-state index in [9.17, 15) is 0 Å². The standard InChI is InChI=1S/C56H43NO/c1-2-9-37(10-3-1)40-18-17-39-21-25-46(33-42(39)32-40)57(52-14-8-16-54-55(52)49-12-5-7-15-53(49)58-54)45-23-19-38(20-24-45)41-22-26-48-47-11-4-6-13-50(47)56(51(48)34-41)43-28-35-27-36(30-43)31-44(56)29-35/h1-26,32-36,43-44H,27-31H2. The minimum Gasteiger partial charge on any atom is -0.456 e. The van der Waals surface area contributed by atoms with Crippen molar-refractivity contribution >= 4 is 49.8 Å². The maximum Gasteiger partial charge on any atom is 0.137 e. The maximum absolute atomic E-state index is 6.44. The molecule has 8 aromatic carbocycles. The first-order valence-corrected chi connectivity index (χ1v) is 21.3. The van der Waals surface area contributed by atoms with E-state index in [1.54, 1.807) is 11.1 Å². The summed E-state index contributed by atoms with van der Waals surface area (Å²) in [5, 5.41) is 4.68. The van der Waals surface area contributed by atoms with E-state index >= 15 is 0 Å². The van der Waals surface area contributed by atoms with Gasteiger partial charge in [0.25, 0.3) is 0 Å². The van der Waals surface area contributed by atoms with Crippen LogP contribution >= 0.6 is 0 Å². The zero-order valence-corrected chi connectivity index (χ0v) is 32.4. The fourth-order valence-electron chi connectivity index (χ4n) is 12.7. The number of benzene rings is 8. The molecule has 4 bridgehead atoms. The molecule has 14 rings (SSSR count). The van der Waals surface area contributed by atoms with Crippen LogP contribution in [0.4, 0.5) is 17.1 Å². The lowest BCUT2D eigenvalue weighted by Gasteiger charge is -2.61. The van der Waals surface area contributed by atoms with E-state index in [-0.39, 0.29) is 5.41 Å². The van der Waals surface area contributed by atoms with E-state index < -0.39 is 0 Å². The van der Waals surface area contributed by atoms with Crippen molar-refractivity contribution < 1.29 is 4.42 Å². The fourth-order valence-corrected chi connectivity index (χ4v) is 12.7. The van der Waals surface area contributed by atoms with Crippen molar-refractivity contribution in [2.75, 3.05) is 4.90 Å². The van der Waals surface area contributed by atoms with Crippen molar-refractivity contribution in [2.45, 2.75) is 37.5 Å². The molecule has 2 nitrogen and oxygen atoms in total. The van der Waals surface area contributed by atoms with Gasteiger partial charge in [-0.2, -0.15) is 0 Å². The van der Waals surface area contributed by atoms with Gasteiger partial charge in [-0.1, -0.05) is 121 Å². The Kier molecular flexibility index (Phi) is 6.94. The molecule has 0 radical (unpaired) electrons. The summed E-state index contributed by atoms with van der Waals surface area (Å²) in [5.41, 5.74) is 16.5. The van der Waals surface area contributed by atoms with Crippen LogP contribution in [-0.2, 0) is 5.41 Å². The molecule has 2 heteroatoms. The van der Waals surface area contributed by atoms with Gasteiger partial charge < -0.3 is 9.32 Å². The number of hydrogen-bond acceptors (Lipinski definition) is 2. The largest absolute Gasteiger partial charge is 0.456 e. The Balaban J connectivity index is 0.950. The molecule has 4 saturated carbocycles. The minimum atomic E-state index is 0.161. The number of para-hydroxylation sites is 1. The Labute approximate surface area is 339 Å². The lowest BCUT2D eigenvalue weighted by molar-refractivity contribution is -0.0399. The van der Waals surface area contributed by atoms with Crippen LogP contribution in [-0.4, -0.2) is 0 Å². The number of hydrogen-bond donors (Lipinski definition) is 0. The van der Waals surface area contributed by atoms with E-state index in [0.717, 1.165) is 62.7 Å². The van der Waals surface area contributed by atoms with Gasteiger partial charge >= 0.3 is 0 Å². The second kappa shape index (κ2) is 12.3. The van der Waals surface area contributed by atoms with Gasteiger partial charge in [-0.25, -0.2) is 0 Å². The molecular weight excluding hydrogens is 703 g/mol. The number of nitrogens with zero attached hydrogens (tertiary/aromatic N) is 1. The van der Waals surface area contributed by atoms with E-state index in [0.29, 0.717) is 0 Å². The van der Waals surface area contributed by atoms with Crippen molar-refractivity contribution in [3.63, 3.8) is 0 Å². The Bertz CT molecular complexity index is 3050. The van der Waals surface area contributed by atoms with Gasteiger partial charge in [-0.05, 0) is 166 Å². The van der Waals surface area contributed by atoms with Crippen LogP contribution in [0.2, 0.25) is 0 Å². The highest BCUT2D eigenvalue weighted by Crippen LogP contribution is 2.69. The van der Waals surface area contributed by atoms with Crippen LogP contribution in [0.5, 0.6) is 0 Å². The predicted molar refractivity (Wildman–Crippen MR) is 240 cm³/mol. The molecule has 0 aliphatic heterocycles. The molecule has 58 heavy (non-hydrogen) atoms. The Morgan fingerprint density at radius 1 is 0.431 bits per heavy atom. The third-order valence-electron chi connectivity index (χ3n) is 14.8. The first-order valence-electron chi connectivity index (χ1n) is 21.3. The number of rotatable bonds is 5. The Morgan fingerprint density at radius 3 is 1.91 bits per heavy atom. The highest BCUT2D eigenvalue weighted by Gasteiger charge is 2.61. The molecule has 278 valence electrons. The Hall–Kier alpha value is -6.38. The Morgan fingerprint density at radius 2 is 1.07 bits per heavy atom. The first kappa shape index (κ1) is 32.7. The van der Waals surface area contributed by atoms with Crippen LogP contribution in [0.15, 0.2) is 180 Å². The van der Waals surface area contributed by atoms with Crippen LogP contribution < -0.4 is 4.90 Å². The first-order chi connectivity index (χ1) is 28.7. The van der Waals surface area contributed by atoms with Gasteiger partial charge in [0.05, 0.1) is 11.1 Å².